The SMILES string of the molecule is COc1ccc(C(=O)O[C@H]2CC[C@]3(C)[C@@H]4CCC5[C@@]6(O)CC(O)[C@@]7(O)C(CN8CC(C)CCC8[C@]7(C)O)[C@]6(O)C[C@@]53O[C@]24O)cc1OC. The molecule has 1 spiro atoms. The van der Waals surface area contributed by atoms with E-state index in [2.05, 4.69) is 11.8 Å². The van der Waals surface area contributed by atoms with Crippen LogP contribution in [0.25, 0.3) is 0 Å². The summed E-state index contributed by atoms with van der Waals surface area (Å²) in [5, 5.41) is 74.7. The molecule has 3 aliphatic heterocycles. The molecule has 8 rings (SSSR count). The first-order valence-corrected chi connectivity index (χ1v) is 17.6. The average Bonchev–Trinajstić information content (AvgIpc) is 3.21. The number of benzene rings is 1. The highest BCUT2D eigenvalue weighted by atomic mass is 16.7. The van der Waals surface area contributed by atoms with Gasteiger partial charge in [-0.15, -0.1) is 0 Å². The van der Waals surface area contributed by atoms with E-state index in [1.807, 2.05) is 6.92 Å². The number of nitrogens with zero attached hydrogens (tertiary/aromatic N) is 1. The van der Waals surface area contributed by atoms with E-state index in [9.17, 15) is 35.4 Å². The molecular weight excluding hydrogens is 622 g/mol. The molecule has 12 nitrogen and oxygen atoms in total. The van der Waals surface area contributed by atoms with Crippen molar-refractivity contribution in [3.8, 4) is 11.5 Å². The molecule has 0 aromatic heterocycles. The Morgan fingerprint density at radius 1 is 0.896 bits per heavy atom. The molecule has 1 aromatic rings. The molecule has 266 valence electrons. The minimum absolute atomic E-state index is 0.101. The van der Waals surface area contributed by atoms with Gasteiger partial charge in [0.2, 0.25) is 5.79 Å². The van der Waals surface area contributed by atoms with Crippen molar-refractivity contribution >= 4 is 5.97 Å². The summed E-state index contributed by atoms with van der Waals surface area (Å²) in [5.41, 5.74) is -9.44. The molecule has 14 atom stereocenters. The maximum atomic E-state index is 13.5. The van der Waals surface area contributed by atoms with Crippen molar-refractivity contribution in [3.05, 3.63) is 23.8 Å². The molecule has 0 amide bonds. The van der Waals surface area contributed by atoms with Crippen LogP contribution in [-0.2, 0) is 9.47 Å². The van der Waals surface area contributed by atoms with E-state index in [0.717, 1.165) is 6.42 Å². The maximum absolute atomic E-state index is 13.5. The second kappa shape index (κ2) is 10.1. The molecule has 4 bridgehead atoms. The number of aliphatic hydroxyl groups excluding tert-OH is 1. The Morgan fingerprint density at radius 2 is 1.60 bits per heavy atom. The summed E-state index contributed by atoms with van der Waals surface area (Å²) in [5.74, 6) is -3.63. The fourth-order valence-corrected chi connectivity index (χ4v) is 12.6. The van der Waals surface area contributed by atoms with E-state index in [1.165, 1.54) is 20.3 Å². The largest absolute Gasteiger partial charge is 0.493 e. The second-order valence-electron chi connectivity index (χ2n) is 16.8. The van der Waals surface area contributed by atoms with Gasteiger partial charge in [0, 0.05) is 55.1 Å². The van der Waals surface area contributed by atoms with E-state index in [0.29, 0.717) is 56.1 Å². The zero-order valence-corrected chi connectivity index (χ0v) is 28.5. The monoisotopic (exact) mass is 673 g/mol. The standard InChI is InChI=1S/C36H51NO11/c1-19-6-11-26-31(3,40)35(43)25(17-37(26)16-19)33(42)18-34-24(32(33,41)15-27(35)38)10-9-23-30(34,2)13-12-28(36(23,44)48-34)47-29(39)20-7-8-21(45-4)22(14-20)46-5/h7-8,14,19,23-28,38,40-44H,6,9-13,15-18H2,1-5H3/t19?,23-,24?,25?,26?,27?,28-,30+,31-,32-,33+,34+,35-,36-/m0/s1. The number of aliphatic hydroxyl groups is 6. The molecule has 7 fully saturated rings. The Labute approximate surface area is 280 Å². The van der Waals surface area contributed by atoms with Crippen LogP contribution in [0.3, 0.4) is 0 Å². The summed E-state index contributed by atoms with van der Waals surface area (Å²) in [7, 11) is 2.97. The third-order valence-corrected chi connectivity index (χ3v) is 14.9. The van der Waals surface area contributed by atoms with Crippen LogP contribution in [-0.4, -0.2) is 121 Å². The number of fused-ring (bicyclic) bond motifs is 5. The van der Waals surface area contributed by atoms with Crippen molar-refractivity contribution in [1.82, 2.24) is 4.90 Å². The first-order chi connectivity index (χ1) is 22.5. The van der Waals surface area contributed by atoms with E-state index >= 15 is 0 Å². The predicted molar refractivity (Wildman–Crippen MR) is 169 cm³/mol. The van der Waals surface area contributed by atoms with Crippen LogP contribution < -0.4 is 9.47 Å². The van der Waals surface area contributed by atoms with Gasteiger partial charge in [0.05, 0.1) is 31.5 Å². The van der Waals surface area contributed by atoms with Gasteiger partial charge >= 0.3 is 5.97 Å². The van der Waals surface area contributed by atoms with Gasteiger partial charge in [0.15, 0.2) is 17.6 Å². The lowest BCUT2D eigenvalue weighted by atomic mass is 9.49. The molecule has 12 heteroatoms. The van der Waals surface area contributed by atoms with Crippen molar-refractivity contribution in [2.24, 2.45) is 29.1 Å². The molecule has 4 saturated carbocycles. The van der Waals surface area contributed by atoms with Crippen LogP contribution in [0.1, 0.15) is 82.5 Å². The molecule has 7 aliphatic rings. The fourth-order valence-electron chi connectivity index (χ4n) is 12.6. The third kappa shape index (κ3) is 3.66. The first kappa shape index (κ1) is 33.1. The lowest BCUT2D eigenvalue weighted by Crippen LogP contribution is -2.85. The Morgan fingerprint density at radius 3 is 2.31 bits per heavy atom. The number of hydrogen-bond donors (Lipinski definition) is 6. The van der Waals surface area contributed by atoms with E-state index in [1.54, 1.807) is 19.1 Å². The van der Waals surface area contributed by atoms with Crippen LogP contribution in [0, 0.1) is 29.1 Å². The van der Waals surface area contributed by atoms with Gasteiger partial charge in [-0.3, -0.25) is 4.90 Å². The summed E-state index contributed by atoms with van der Waals surface area (Å²) < 4.78 is 23.5. The zero-order valence-electron chi connectivity index (χ0n) is 28.5. The zero-order chi connectivity index (χ0) is 34.4. The summed E-state index contributed by atoms with van der Waals surface area (Å²) in [6.45, 7) is 6.57. The Hall–Kier alpha value is -2.03. The molecule has 3 heterocycles. The Kier molecular flexibility index (Phi) is 6.94. The number of carbonyl (C=O) groups is 1. The topological polar surface area (TPSA) is 179 Å². The van der Waals surface area contributed by atoms with Crippen LogP contribution in [0.5, 0.6) is 11.5 Å². The van der Waals surface area contributed by atoms with Gasteiger partial charge in [-0.25, -0.2) is 4.79 Å². The lowest BCUT2D eigenvalue weighted by molar-refractivity contribution is -0.354. The first-order valence-electron chi connectivity index (χ1n) is 17.6. The smallest absolute Gasteiger partial charge is 0.338 e. The summed E-state index contributed by atoms with van der Waals surface area (Å²) in [4.78, 5) is 15.6. The summed E-state index contributed by atoms with van der Waals surface area (Å²) in [6, 6.07) is 4.28. The number of esters is 1. The number of rotatable bonds is 4. The van der Waals surface area contributed by atoms with E-state index in [-0.39, 0.29) is 24.9 Å². The van der Waals surface area contributed by atoms with Gasteiger partial charge in [0.1, 0.15) is 22.4 Å². The van der Waals surface area contributed by atoms with Crippen molar-refractivity contribution in [1.29, 1.82) is 0 Å². The summed E-state index contributed by atoms with van der Waals surface area (Å²) >= 11 is 0. The highest BCUT2D eigenvalue weighted by Gasteiger charge is 2.88. The van der Waals surface area contributed by atoms with Crippen LogP contribution in [0.2, 0.25) is 0 Å². The number of ether oxygens (including phenoxy) is 4. The number of methoxy groups -OCH3 is 2. The maximum Gasteiger partial charge on any atom is 0.338 e. The van der Waals surface area contributed by atoms with Gasteiger partial charge in [0.25, 0.3) is 0 Å². The van der Waals surface area contributed by atoms with Crippen molar-refractivity contribution < 1.29 is 54.4 Å². The van der Waals surface area contributed by atoms with Crippen LogP contribution >= 0.6 is 0 Å². The molecule has 0 radical (unpaired) electrons. The van der Waals surface area contributed by atoms with Gasteiger partial charge in [-0.1, -0.05) is 13.8 Å². The van der Waals surface area contributed by atoms with Gasteiger partial charge < -0.3 is 49.6 Å². The second-order valence-corrected chi connectivity index (χ2v) is 16.8. The molecule has 6 N–H and O–H groups in total. The van der Waals surface area contributed by atoms with Crippen molar-refractivity contribution in [2.75, 3.05) is 27.3 Å². The van der Waals surface area contributed by atoms with Gasteiger partial charge in [-0.05, 0) is 69.6 Å². The quantitative estimate of drug-likeness (QED) is 0.253. The molecule has 4 aliphatic carbocycles. The number of piperidine rings is 2. The Balaban J connectivity index is 1.16. The van der Waals surface area contributed by atoms with Crippen LogP contribution in [0.4, 0.5) is 0 Å². The summed E-state index contributed by atoms with van der Waals surface area (Å²) in [6.07, 6.45) is 0.172. The molecule has 48 heavy (non-hydrogen) atoms. The number of hydrogen-bond acceptors (Lipinski definition) is 12. The average molecular weight is 674 g/mol. The van der Waals surface area contributed by atoms with Crippen molar-refractivity contribution in [3.63, 3.8) is 0 Å². The highest BCUT2D eigenvalue weighted by molar-refractivity contribution is 5.90. The van der Waals surface area contributed by atoms with Crippen LogP contribution in [0.15, 0.2) is 18.2 Å². The highest BCUT2D eigenvalue weighted by Crippen LogP contribution is 2.78. The molecular formula is C36H51NO11. The third-order valence-electron chi connectivity index (χ3n) is 14.9. The van der Waals surface area contributed by atoms with Gasteiger partial charge in [-0.2, -0.15) is 0 Å². The minimum atomic E-state index is -2.10. The molecule has 5 unspecified atom stereocenters. The molecule has 3 saturated heterocycles. The Bertz CT molecular complexity index is 1520. The normalized spacial score (nSPS) is 53.6. The lowest BCUT2D eigenvalue weighted by Gasteiger charge is -2.68. The minimum Gasteiger partial charge on any atom is -0.493 e. The van der Waals surface area contributed by atoms with E-state index in [4.69, 9.17) is 18.9 Å². The molecule has 1 aromatic carbocycles. The fraction of sp³-hybridized carbons (Fsp3) is 0.806. The van der Waals surface area contributed by atoms with Crippen molar-refractivity contribution in [2.45, 2.75) is 124 Å². The van der Waals surface area contributed by atoms with E-state index < -0.39 is 81.2 Å². The number of carbonyl (C=O) groups excluding carboxylic acids is 1. The predicted octanol–water partition coefficient (Wildman–Crippen LogP) is 1.36.